The zero-order valence-electron chi connectivity index (χ0n) is 13.5. The van der Waals surface area contributed by atoms with Crippen LogP contribution in [0.3, 0.4) is 0 Å². The lowest BCUT2D eigenvalue weighted by Crippen LogP contribution is -2.23. The minimum atomic E-state index is -0.591. The molecule has 2 aromatic rings. The second-order valence-electron chi connectivity index (χ2n) is 5.45. The maximum Gasteiger partial charge on any atom is 0.262 e. The van der Waals surface area contributed by atoms with Crippen molar-refractivity contribution < 1.29 is 14.3 Å². The Balaban J connectivity index is 2.06. The molecule has 120 valence electrons. The largest absolute Gasteiger partial charge is 0.483 e. The molecule has 0 spiro atoms. The third-order valence-electron chi connectivity index (χ3n) is 3.59. The molecule has 0 aromatic heterocycles. The van der Waals surface area contributed by atoms with Gasteiger partial charge < -0.3 is 15.8 Å². The van der Waals surface area contributed by atoms with E-state index < -0.39 is 5.91 Å². The highest BCUT2D eigenvalue weighted by atomic mass is 16.5. The van der Waals surface area contributed by atoms with Crippen molar-refractivity contribution in [2.75, 3.05) is 11.9 Å². The second kappa shape index (κ2) is 6.96. The monoisotopic (exact) mass is 312 g/mol. The SMILES string of the molecule is Cc1cc(C)c(C)c(OCC(=O)Nc2ccccc2C(N)=O)c1. The highest BCUT2D eigenvalue weighted by Gasteiger charge is 2.11. The van der Waals surface area contributed by atoms with Crippen molar-refractivity contribution in [2.45, 2.75) is 20.8 Å². The van der Waals surface area contributed by atoms with Crippen LogP contribution < -0.4 is 15.8 Å². The van der Waals surface area contributed by atoms with Crippen molar-refractivity contribution in [2.24, 2.45) is 5.73 Å². The van der Waals surface area contributed by atoms with Crippen molar-refractivity contribution in [3.63, 3.8) is 0 Å². The van der Waals surface area contributed by atoms with Gasteiger partial charge in [-0.15, -0.1) is 0 Å². The predicted molar refractivity (Wildman–Crippen MR) is 89.7 cm³/mol. The molecule has 0 bridgehead atoms. The second-order valence-corrected chi connectivity index (χ2v) is 5.45. The van der Waals surface area contributed by atoms with Crippen LogP contribution in [0.15, 0.2) is 36.4 Å². The number of carbonyl (C=O) groups excluding carboxylic acids is 2. The summed E-state index contributed by atoms with van der Waals surface area (Å²) in [5.74, 6) is -0.259. The molecule has 0 aliphatic rings. The third-order valence-corrected chi connectivity index (χ3v) is 3.59. The number of rotatable bonds is 5. The molecular weight excluding hydrogens is 292 g/mol. The first kappa shape index (κ1) is 16.5. The first-order valence-electron chi connectivity index (χ1n) is 7.28. The van der Waals surface area contributed by atoms with E-state index in [2.05, 4.69) is 11.4 Å². The van der Waals surface area contributed by atoms with Crippen molar-refractivity contribution in [1.82, 2.24) is 0 Å². The Hall–Kier alpha value is -2.82. The van der Waals surface area contributed by atoms with Crippen molar-refractivity contribution in [3.8, 4) is 5.75 Å². The highest BCUT2D eigenvalue weighted by molar-refractivity contribution is 6.03. The van der Waals surface area contributed by atoms with Crippen LogP contribution in [0, 0.1) is 20.8 Å². The van der Waals surface area contributed by atoms with Gasteiger partial charge in [0.05, 0.1) is 11.3 Å². The van der Waals surface area contributed by atoms with E-state index in [-0.39, 0.29) is 18.1 Å². The molecule has 0 atom stereocenters. The zero-order valence-corrected chi connectivity index (χ0v) is 13.5. The normalized spacial score (nSPS) is 10.2. The number of anilines is 1. The summed E-state index contributed by atoms with van der Waals surface area (Å²) in [5, 5.41) is 2.65. The van der Waals surface area contributed by atoms with Gasteiger partial charge in [0.15, 0.2) is 6.61 Å². The van der Waals surface area contributed by atoms with Gasteiger partial charge in [0.25, 0.3) is 11.8 Å². The van der Waals surface area contributed by atoms with Crippen LogP contribution in [0.1, 0.15) is 27.0 Å². The van der Waals surface area contributed by atoms with E-state index in [1.165, 1.54) is 0 Å². The summed E-state index contributed by atoms with van der Waals surface area (Å²) in [7, 11) is 0. The number of aryl methyl sites for hydroxylation is 2. The van der Waals surface area contributed by atoms with Crippen LogP contribution in [0.25, 0.3) is 0 Å². The molecule has 3 N–H and O–H groups in total. The quantitative estimate of drug-likeness (QED) is 0.890. The first-order chi connectivity index (χ1) is 10.9. The van der Waals surface area contributed by atoms with Gasteiger partial charge in [0, 0.05) is 0 Å². The highest BCUT2D eigenvalue weighted by Crippen LogP contribution is 2.23. The van der Waals surface area contributed by atoms with Gasteiger partial charge >= 0.3 is 0 Å². The van der Waals surface area contributed by atoms with Gasteiger partial charge in [-0.2, -0.15) is 0 Å². The molecule has 0 saturated carbocycles. The third kappa shape index (κ3) is 4.10. The Bertz CT molecular complexity index is 754. The van der Waals surface area contributed by atoms with Crippen LogP contribution in [0.5, 0.6) is 5.75 Å². The maximum absolute atomic E-state index is 12.1. The summed E-state index contributed by atoms with van der Waals surface area (Å²) in [6.07, 6.45) is 0. The number of ether oxygens (including phenoxy) is 1. The van der Waals surface area contributed by atoms with Crippen LogP contribution >= 0.6 is 0 Å². The van der Waals surface area contributed by atoms with Crippen molar-refractivity contribution >= 4 is 17.5 Å². The number of carbonyl (C=O) groups is 2. The number of nitrogens with two attached hydrogens (primary N) is 1. The molecule has 2 aromatic carbocycles. The Labute approximate surface area is 135 Å². The number of benzene rings is 2. The predicted octanol–water partition coefficient (Wildman–Crippen LogP) is 2.73. The van der Waals surface area contributed by atoms with Gasteiger partial charge in [0.1, 0.15) is 5.75 Å². The lowest BCUT2D eigenvalue weighted by molar-refractivity contribution is -0.118. The van der Waals surface area contributed by atoms with E-state index in [9.17, 15) is 9.59 Å². The van der Waals surface area contributed by atoms with Crippen LogP contribution in [-0.4, -0.2) is 18.4 Å². The molecule has 0 saturated heterocycles. The molecule has 2 amide bonds. The van der Waals surface area contributed by atoms with Gasteiger partial charge in [-0.3, -0.25) is 9.59 Å². The Morgan fingerprint density at radius 3 is 2.52 bits per heavy atom. The fourth-order valence-electron chi connectivity index (χ4n) is 2.29. The van der Waals surface area contributed by atoms with Crippen molar-refractivity contribution in [3.05, 3.63) is 58.7 Å². The van der Waals surface area contributed by atoms with E-state index >= 15 is 0 Å². The molecule has 2 rings (SSSR count). The van der Waals surface area contributed by atoms with Crippen molar-refractivity contribution in [1.29, 1.82) is 0 Å². The zero-order chi connectivity index (χ0) is 17.0. The molecule has 0 aliphatic carbocycles. The number of primary amides is 1. The van der Waals surface area contributed by atoms with Crippen LogP contribution in [-0.2, 0) is 4.79 Å². The van der Waals surface area contributed by atoms with E-state index in [0.717, 1.165) is 16.7 Å². The number of hydrogen-bond donors (Lipinski definition) is 2. The van der Waals surface area contributed by atoms with Gasteiger partial charge in [-0.25, -0.2) is 0 Å². The maximum atomic E-state index is 12.1. The van der Waals surface area contributed by atoms with E-state index in [0.29, 0.717) is 11.4 Å². The molecule has 23 heavy (non-hydrogen) atoms. The average molecular weight is 312 g/mol. The van der Waals surface area contributed by atoms with E-state index in [1.54, 1.807) is 24.3 Å². The molecule has 0 radical (unpaired) electrons. The van der Waals surface area contributed by atoms with Crippen LogP contribution in [0.4, 0.5) is 5.69 Å². The molecule has 0 fully saturated rings. The standard InChI is InChI=1S/C18H20N2O3/c1-11-8-12(2)13(3)16(9-11)23-10-17(21)20-15-7-5-4-6-14(15)18(19)22/h4-9H,10H2,1-3H3,(H2,19,22)(H,20,21). The lowest BCUT2D eigenvalue weighted by Gasteiger charge is -2.13. The summed E-state index contributed by atoms with van der Waals surface area (Å²) < 4.78 is 5.60. The molecular formula is C18H20N2O3. The molecule has 0 aliphatic heterocycles. The average Bonchev–Trinajstić information content (AvgIpc) is 2.49. The van der Waals surface area contributed by atoms with E-state index in [4.69, 9.17) is 10.5 Å². The van der Waals surface area contributed by atoms with Gasteiger partial charge in [-0.1, -0.05) is 18.2 Å². The lowest BCUT2D eigenvalue weighted by atomic mass is 10.1. The van der Waals surface area contributed by atoms with Gasteiger partial charge in [-0.05, 0) is 55.7 Å². The molecule has 0 heterocycles. The topological polar surface area (TPSA) is 81.4 Å². The number of amides is 2. The molecule has 0 unspecified atom stereocenters. The van der Waals surface area contributed by atoms with E-state index in [1.807, 2.05) is 26.8 Å². The summed E-state index contributed by atoms with van der Waals surface area (Å²) in [6, 6.07) is 10.5. The summed E-state index contributed by atoms with van der Waals surface area (Å²) >= 11 is 0. The first-order valence-corrected chi connectivity index (χ1v) is 7.28. The number of nitrogens with one attached hydrogen (secondary N) is 1. The Morgan fingerprint density at radius 2 is 1.83 bits per heavy atom. The molecule has 5 heteroatoms. The number of hydrogen-bond acceptors (Lipinski definition) is 3. The summed E-state index contributed by atoms with van der Waals surface area (Å²) in [4.78, 5) is 23.4. The van der Waals surface area contributed by atoms with Gasteiger partial charge in [0.2, 0.25) is 0 Å². The Morgan fingerprint density at radius 1 is 1.13 bits per heavy atom. The summed E-state index contributed by atoms with van der Waals surface area (Å²) in [5.41, 5.74) is 9.12. The fraction of sp³-hybridized carbons (Fsp3) is 0.222. The fourth-order valence-corrected chi connectivity index (χ4v) is 2.29. The minimum Gasteiger partial charge on any atom is -0.483 e. The number of para-hydroxylation sites is 1. The van der Waals surface area contributed by atoms with Crippen LogP contribution in [0.2, 0.25) is 0 Å². The Kier molecular flexibility index (Phi) is 5.01. The summed E-state index contributed by atoms with van der Waals surface area (Å²) in [6.45, 7) is 5.78. The smallest absolute Gasteiger partial charge is 0.262 e. The molecule has 5 nitrogen and oxygen atoms in total. The minimum absolute atomic E-state index is 0.142.